The molecule has 3 rings (SSSR count). The van der Waals surface area contributed by atoms with Gasteiger partial charge in [0.15, 0.2) is 0 Å². The van der Waals surface area contributed by atoms with Gasteiger partial charge in [-0.2, -0.15) is 0 Å². The summed E-state index contributed by atoms with van der Waals surface area (Å²) in [5.41, 5.74) is 2.13. The third-order valence-corrected chi connectivity index (χ3v) is 4.34. The van der Waals surface area contributed by atoms with Crippen LogP contribution in [0.3, 0.4) is 0 Å². The summed E-state index contributed by atoms with van der Waals surface area (Å²) in [5, 5.41) is 1.29. The van der Waals surface area contributed by atoms with Crippen molar-refractivity contribution in [1.82, 2.24) is 14.9 Å². The molecule has 4 nitrogen and oxygen atoms in total. The van der Waals surface area contributed by atoms with E-state index in [1.165, 1.54) is 0 Å². The quantitative estimate of drug-likeness (QED) is 0.864. The number of rotatable bonds is 3. The zero-order valence-electron chi connectivity index (χ0n) is 11.9. The fraction of sp³-hybridized carbons (Fsp3) is 0.312. The molecule has 0 spiro atoms. The average molecular weight is 336 g/mol. The highest BCUT2D eigenvalue weighted by Gasteiger charge is 2.22. The highest BCUT2D eigenvalue weighted by molar-refractivity contribution is 6.35. The number of fused-ring (bicyclic) bond motifs is 1. The van der Waals surface area contributed by atoms with Crippen LogP contribution in [-0.4, -0.2) is 27.3 Å². The Labute approximate surface area is 139 Å². The minimum Gasteiger partial charge on any atom is -0.338 e. The van der Waals surface area contributed by atoms with Crippen molar-refractivity contribution >= 4 is 29.1 Å². The van der Waals surface area contributed by atoms with Gasteiger partial charge in [0.2, 0.25) is 5.91 Å². The summed E-state index contributed by atoms with van der Waals surface area (Å²) >= 11 is 12.3. The Morgan fingerprint density at radius 3 is 2.77 bits per heavy atom. The highest BCUT2D eigenvalue weighted by atomic mass is 35.5. The second-order valence-corrected chi connectivity index (χ2v) is 6.10. The van der Waals surface area contributed by atoms with Gasteiger partial charge in [0.05, 0.1) is 0 Å². The highest BCUT2D eigenvalue weighted by Crippen LogP contribution is 2.30. The lowest BCUT2D eigenvalue weighted by atomic mass is 9.99. The SMILES string of the molecule is O=C(CCc1ncccn1)N1CCc2c(Cl)cc(Cl)cc2C1. The Morgan fingerprint density at radius 1 is 1.23 bits per heavy atom. The number of benzene rings is 1. The molecule has 1 amide bonds. The zero-order valence-corrected chi connectivity index (χ0v) is 13.4. The number of aromatic nitrogens is 2. The fourth-order valence-electron chi connectivity index (χ4n) is 2.66. The third kappa shape index (κ3) is 3.39. The molecular formula is C16H15Cl2N3O. The molecule has 0 saturated carbocycles. The van der Waals surface area contributed by atoms with Crippen molar-refractivity contribution in [1.29, 1.82) is 0 Å². The minimum atomic E-state index is 0.106. The number of halogens is 2. The van der Waals surface area contributed by atoms with Gasteiger partial charge >= 0.3 is 0 Å². The van der Waals surface area contributed by atoms with E-state index in [0.29, 0.717) is 41.8 Å². The van der Waals surface area contributed by atoms with E-state index in [9.17, 15) is 4.79 Å². The maximum absolute atomic E-state index is 12.4. The second kappa shape index (κ2) is 6.63. The molecule has 0 atom stereocenters. The maximum Gasteiger partial charge on any atom is 0.223 e. The van der Waals surface area contributed by atoms with Gasteiger partial charge in [-0.1, -0.05) is 23.2 Å². The van der Waals surface area contributed by atoms with Crippen molar-refractivity contribution in [2.24, 2.45) is 0 Å². The Hall–Kier alpha value is -1.65. The monoisotopic (exact) mass is 335 g/mol. The van der Waals surface area contributed by atoms with Gasteiger partial charge in [0.25, 0.3) is 0 Å². The first-order chi connectivity index (χ1) is 10.6. The molecule has 1 aliphatic heterocycles. The van der Waals surface area contributed by atoms with E-state index in [4.69, 9.17) is 23.2 Å². The van der Waals surface area contributed by atoms with E-state index in [1.807, 2.05) is 11.0 Å². The van der Waals surface area contributed by atoms with Crippen molar-refractivity contribution in [3.8, 4) is 0 Å². The van der Waals surface area contributed by atoms with Crippen LogP contribution in [0.25, 0.3) is 0 Å². The lowest BCUT2D eigenvalue weighted by Crippen LogP contribution is -2.36. The Morgan fingerprint density at radius 2 is 2.00 bits per heavy atom. The average Bonchev–Trinajstić information content (AvgIpc) is 2.53. The van der Waals surface area contributed by atoms with Crippen LogP contribution in [0.2, 0.25) is 10.0 Å². The smallest absolute Gasteiger partial charge is 0.223 e. The standard InChI is InChI=1S/C16H15Cl2N3O/c17-12-8-11-10-21(7-4-13(11)14(18)9-12)16(22)3-2-15-19-5-1-6-20-15/h1,5-6,8-9H,2-4,7,10H2. The van der Waals surface area contributed by atoms with Gasteiger partial charge in [-0.3, -0.25) is 4.79 Å². The molecule has 0 N–H and O–H groups in total. The number of aryl methyl sites for hydroxylation is 1. The molecule has 0 aliphatic carbocycles. The number of nitrogens with zero attached hydrogens (tertiary/aromatic N) is 3. The number of hydrogen-bond donors (Lipinski definition) is 0. The lowest BCUT2D eigenvalue weighted by Gasteiger charge is -2.29. The Kier molecular flexibility index (Phi) is 4.60. The first-order valence-corrected chi connectivity index (χ1v) is 7.89. The summed E-state index contributed by atoms with van der Waals surface area (Å²) in [6.45, 7) is 1.24. The molecule has 1 aromatic heterocycles. The van der Waals surface area contributed by atoms with Crippen LogP contribution < -0.4 is 0 Å². The predicted molar refractivity (Wildman–Crippen MR) is 85.9 cm³/mol. The summed E-state index contributed by atoms with van der Waals surface area (Å²) in [7, 11) is 0. The van der Waals surface area contributed by atoms with Crippen molar-refractivity contribution in [2.75, 3.05) is 6.54 Å². The van der Waals surface area contributed by atoms with Crippen LogP contribution >= 0.6 is 23.2 Å². The van der Waals surface area contributed by atoms with Crippen molar-refractivity contribution in [2.45, 2.75) is 25.8 Å². The van der Waals surface area contributed by atoms with Gasteiger partial charge in [-0.15, -0.1) is 0 Å². The van der Waals surface area contributed by atoms with Gasteiger partial charge in [-0.25, -0.2) is 9.97 Å². The molecule has 0 bridgehead atoms. The van der Waals surface area contributed by atoms with Crippen LogP contribution in [-0.2, 0) is 24.2 Å². The molecule has 0 fully saturated rings. The molecule has 0 saturated heterocycles. The summed E-state index contributed by atoms with van der Waals surface area (Å²) < 4.78 is 0. The van der Waals surface area contributed by atoms with Crippen LogP contribution in [0.1, 0.15) is 23.4 Å². The lowest BCUT2D eigenvalue weighted by molar-refractivity contribution is -0.132. The van der Waals surface area contributed by atoms with Crippen molar-refractivity contribution in [3.63, 3.8) is 0 Å². The van der Waals surface area contributed by atoms with Crippen molar-refractivity contribution in [3.05, 3.63) is 57.6 Å². The Balaban J connectivity index is 1.65. The normalized spacial score (nSPS) is 13.8. The van der Waals surface area contributed by atoms with E-state index in [0.717, 1.165) is 17.5 Å². The predicted octanol–water partition coefficient (Wildman–Crippen LogP) is 3.30. The van der Waals surface area contributed by atoms with E-state index in [2.05, 4.69) is 9.97 Å². The van der Waals surface area contributed by atoms with Gasteiger partial charge < -0.3 is 4.90 Å². The van der Waals surface area contributed by atoms with Gasteiger partial charge in [0, 0.05) is 48.4 Å². The number of carbonyl (C=O) groups excluding carboxylic acids is 1. The number of amides is 1. The van der Waals surface area contributed by atoms with Crippen LogP contribution in [0.15, 0.2) is 30.6 Å². The largest absolute Gasteiger partial charge is 0.338 e. The maximum atomic E-state index is 12.4. The molecule has 0 radical (unpaired) electrons. The summed E-state index contributed by atoms with van der Waals surface area (Å²) in [6.07, 6.45) is 5.10. The molecule has 2 heterocycles. The molecule has 2 aromatic rings. The summed E-state index contributed by atoms with van der Waals surface area (Å²) in [4.78, 5) is 22.5. The molecule has 22 heavy (non-hydrogen) atoms. The minimum absolute atomic E-state index is 0.106. The third-order valence-electron chi connectivity index (χ3n) is 3.78. The first kappa shape index (κ1) is 15.3. The number of carbonyl (C=O) groups is 1. The first-order valence-electron chi connectivity index (χ1n) is 7.14. The van der Waals surface area contributed by atoms with E-state index < -0.39 is 0 Å². The summed E-state index contributed by atoms with van der Waals surface area (Å²) in [5.74, 6) is 0.800. The van der Waals surface area contributed by atoms with Crippen LogP contribution in [0, 0.1) is 0 Å². The van der Waals surface area contributed by atoms with Crippen LogP contribution in [0.4, 0.5) is 0 Å². The Bertz CT molecular complexity index is 691. The molecule has 1 aromatic carbocycles. The molecule has 0 unspecified atom stereocenters. The van der Waals surface area contributed by atoms with E-state index in [-0.39, 0.29) is 5.91 Å². The summed E-state index contributed by atoms with van der Waals surface area (Å²) in [6, 6.07) is 5.41. The molecule has 114 valence electrons. The van der Waals surface area contributed by atoms with E-state index >= 15 is 0 Å². The molecule has 1 aliphatic rings. The fourth-order valence-corrected chi connectivity index (χ4v) is 3.29. The van der Waals surface area contributed by atoms with Gasteiger partial charge in [0.1, 0.15) is 5.82 Å². The zero-order chi connectivity index (χ0) is 15.5. The van der Waals surface area contributed by atoms with E-state index in [1.54, 1.807) is 24.5 Å². The van der Waals surface area contributed by atoms with Crippen LogP contribution in [0.5, 0.6) is 0 Å². The number of hydrogen-bond acceptors (Lipinski definition) is 3. The molecular weight excluding hydrogens is 321 g/mol. The van der Waals surface area contributed by atoms with Crippen molar-refractivity contribution < 1.29 is 4.79 Å². The van der Waals surface area contributed by atoms with Gasteiger partial charge in [-0.05, 0) is 35.7 Å². The topological polar surface area (TPSA) is 46.1 Å². The molecule has 6 heteroatoms. The second-order valence-electron chi connectivity index (χ2n) is 5.26.